The van der Waals surface area contributed by atoms with Crippen molar-refractivity contribution in [1.82, 2.24) is 47.9 Å². The first-order chi connectivity index (χ1) is 54.4. The van der Waals surface area contributed by atoms with Crippen LogP contribution in [-0.2, 0) is 43.1 Å². The number of halogens is 1. The van der Waals surface area contributed by atoms with Crippen molar-refractivity contribution < 1.29 is 103 Å². The number of ether oxygens (including phenoxy) is 5. The van der Waals surface area contributed by atoms with E-state index in [2.05, 4.69) is 53.2 Å². The van der Waals surface area contributed by atoms with Crippen molar-refractivity contribution in [3.63, 3.8) is 0 Å². The molecule has 5 fully saturated rings. The molecule has 114 heavy (non-hydrogen) atoms. The summed E-state index contributed by atoms with van der Waals surface area (Å²) in [5.41, 5.74) is 11.4. The molecule has 4 saturated carbocycles. The number of benzene rings is 6. The molecular formula is C80H93ClN12O21. The Morgan fingerprint density at radius 1 is 0.640 bits per heavy atom. The number of amides is 10. The molecule has 606 valence electrons. The molecule has 1 saturated heterocycles. The number of aryl methyl sites for hydroxylation is 2. The van der Waals surface area contributed by atoms with Crippen LogP contribution in [0.15, 0.2) is 103 Å². The van der Waals surface area contributed by atoms with Gasteiger partial charge in [-0.3, -0.25) is 43.7 Å². The zero-order chi connectivity index (χ0) is 81.4. The molecule has 0 aromatic heterocycles. The predicted octanol–water partition coefficient (Wildman–Crippen LogP) is 3.15. The number of carbonyl (C=O) groups is 9. The van der Waals surface area contributed by atoms with Gasteiger partial charge >= 0.3 is 6.03 Å². The fourth-order valence-corrected chi connectivity index (χ4v) is 17.0. The highest BCUT2D eigenvalue weighted by atomic mass is 35.5. The quantitative estimate of drug-likeness (QED) is 0.0661. The lowest BCUT2D eigenvalue weighted by molar-refractivity contribution is -0.270. The molecule has 0 spiro atoms. The van der Waals surface area contributed by atoms with Gasteiger partial charge in [-0.1, -0.05) is 43.6 Å². The number of hydrogen-bond acceptors (Lipinski definition) is 24. The maximum absolute atomic E-state index is 16.4. The molecule has 10 aliphatic rings. The van der Waals surface area contributed by atoms with Gasteiger partial charge in [0.05, 0.1) is 17.5 Å². The Bertz CT molecular complexity index is 4700. The van der Waals surface area contributed by atoms with Crippen molar-refractivity contribution in [3.8, 4) is 57.1 Å². The number of fused-ring (bicyclic) bond motifs is 15. The zero-order valence-corrected chi connectivity index (χ0v) is 63.6. The topological polar surface area (TPSA) is 514 Å². The van der Waals surface area contributed by atoms with Crippen LogP contribution in [0.1, 0.15) is 128 Å². The molecule has 6 aromatic rings. The van der Waals surface area contributed by atoms with Crippen LogP contribution in [0.5, 0.6) is 46.0 Å². The lowest BCUT2D eigenvalue weighted by Crippen LogP contribution is -2.60. The zero-order valence-electron chi connectivity index (χ0n) is 62.8. The third-order valence-electron chi connectivity index (χ3n) is 22.2. The van der Waals surface area contributed by atoms with Crippen LogP contribution in [0.3, 0.4) is 0 Å². The highest BCUT2D eigenvalue weighted by Gasteiger charge is 2.51. The van der Waals surface area contributed by atoms with Gasteiger partial charge < -0.3 is 119 Å². The van der Waals surface area contributed by atoms with Gasteiger partial charge in [0, 0.05) is 30.4 Å². The van der Waals surface area contributed by atoms with E-state index in [0.29, 0.717) is 17.6 Å². The Kier molecular flexibility index (Phi) is 24.4. The fraction of sp³-hybridized carbons (Fsp3) is 0.438. The number of imide groups is 1. The van der Waals surface area contributed by atoms with Crippen molar-refractivity contribution in [2.75, 3.05) is 32.1 Å². The first-order valence-electron chi connectivity index (χ1n) is 37.8. The molecule has 34 heteroatoms. The fourth-order valence-electron chi connectivity index (χ4n) is 16.8. The molecule has 16 rings (SSSR count). The Labute approximate surface area is 659 Å². The van der Waals surface area contributed by atoms with Gasteiger partial charge in [0.2, 0.25) is 59.3 Å². The Balaban J connectivity index is 0.991. The van der Waals surface area contributed by atoms with E-state index in [0.717, 1.165) is 44.2 Å². The summed E-state index contributed by atoms with van der Waals surface area (Å²) in [5.74, 6) is -10.5. The molecule has 4 aliphatic carbocycles. The van der Waals surface area contributed by atoms with Gasteiger partial charge in [-0.2, -0.15) is 0 Å². The standard InChI is InChI=1S/C80H93ClN12O21/c1-33(2)18-50(84-5)72(102)92-64-66(97)39-7-14-53(34(3)19-39)111-55-28-43-29-56(71(55)114-79-70(101)69(100)68(99)57(32-83)113-79)112-54-15-8-40(27-49(54)81)67(98)65-78(108)91-63(76(106)88-60-41-22-36-21-37(24-41)25-42(60)23-36)48-30-45(94)20-35(4)59(48)47-26-38(6-13-52(47)95)61(74(104)93-65)90-75(105)62(43)89-73(103)51(86-77(64)107)31-58(96)87-80(109)85-44-9-11-46(12-10-44)110-17-16-82/h6-15,19-20,26-30,33,36-37,41-42,50-51,57,60-70,79,84,94-95,97-101H,16-18,21-25,31-32,82-83H2,1-5H3,(H,86,107)(H,88,106)(H,89,103)(H,90,105)(H,91,108)(H,92,102)(H,93,104)(H2,85,87,96,109)/t36?,37?,41?,42?,50-,51+,57-,60?,61-,62-,63+,64-,65+,66-,67-,68-,69+,70-,79+/m1/s1. The van der Waals surface area contributed by atoms with Gasteiger partial charge in [0.1, 0.15) is 108 Å². The van der Waals surface area contributed by atoms with E-state index in [1.165, 1.54) is 105 Å². The number of aromatic hydroxyl groups is 2. The third-order valence-corrected chi connectivity index (χ3v) is 22.5. The monoisotopic (exact) mass is 1590 g/mol. The summed E-state index contributed by atoms with van der Waals surface area (Å²) in [5, 5.41) is 109. The van der Waals surface area contributed by atoms with Crippen molar-refractivity contribution in [2.45, 2.75) is 164 Å². The predicted molar refractivity (Wildman–Crippen MR) is 408 cm³/mol. The second kappa shape index (κ2) is 34.1. The third kappa shape index (κ3) is 17.4. The maximum Gasteiger partial charge on any atom is 0.325 e. The van der Waals surface area contributed by atoms with Gasteiger partial charge in [-0.15, -0.1) is 0 Å². The lowest BCUT2D eigenvalue weighted by Gasteiger charge is -2.54. The average Bonchev–Trinajstić information content (AvgIpc) is 0.759. The number of likely N-dealkylation sites (N-methyl/N-ethyl adjacent to an activating group) is 1. The number of hydrogen-bond donors (Lipinski definition) is 19. The minimum Gasteiger partial charge on any atom is -0.508 e. The minimum atomic E-state index is -2.31. The highest BCUT2D eigenvalue weighted by molar-refractivity contribution is 6.32. The van der Waals surface area contributed by atoms with E-state index in [1.807, 2.05) is 13.8 Å². The van der Waals surface area contributed by atoms with Crippen LogP contribution in [0, 0.1) is 43.4 Å². The number of nitrogens with two attached hydrogens (primary N) is 2. The Hall–Kier alpha value is -10.7. The van der Waals surface area contributed by atoms with E-state index < -0.39 is 180 Å². The van der Waals surface area contributed by atoms with Crippen molar-refractivity contribution in [1.29, 1.82) is 0 Å². The van der Waals surface area contributed by atoms with Crippen LogP contribution in [-0.4, -0.2) is 177 Å². The lowest BCUT2D eigenvalue weighted by atomic mass is 9.54. The number of aliphatic hydroxyl groups is 5. The van der Waals surface area contributed by atoms with Crippen molar-refractivity contribution in [2.24, 2.45) is 41.1 Å². The van der Waals surface area contributed by atoms with Crippen LogP contribution in [0.4, 0.5) is 10.5 Å². The number of anilines is 1. The second-order valence-electron chi connectivity index (χ2n) is 30.7. The molecule has 6 aromatic carbocycles. The largest absolute Gasteiger partial charge is 0.508 e. The number of urea groups is 1. The minimum absolute atomic E-state index is 0.0331. The van der Waals surface area contributed by atoms with Gasteiger partial charge in [0.25, 0.3) is 0 Å². The number of carbonyl (C=O) groups excluding carboxylic acids is 9. The molecule has 15 bridgehead atoms. The Morgan fingerprint density at radius 3 is 1.93 bits per heavy atom. The second-order valence-corrected chi connectivity index (χ2v) is 31.1. The summed E-state index contributed by atoms with van der Waals surface area (Å²) in [7, 11) is 1.50. The summed E-state index contributed by atoms with van der Waals surface area (Å²) in [6, 6.07) is 7.23. The number of aliphatic hydroxyl groups excluding tert-OH is 5. The van der Waals surface area contributed by atoms with Gasteiger partial charge in [-0.05, 0) is 218 Å². The first kappa shape index (κ1) is 81.3. The number of phenols is 2. The summed E-state index contributed by atoms with van der Waals surface area (Å²) in [4.78, 5) is 137. The Morgan fingerprint density at radius 2 is 1.28 bits per heavy atom. The van der Waals surface area contributed by atoms with Crippen LogP contribution < -0.4 is 83.6 Å². The molecule has 14 atom stereocenters. The van der Waals surface area contributed by atoms with Crippen LogP contribution in [0.25, 0.3) is 11.1 Å². The van der Waals surface area contributed by atoms with E-state index in [-0.39, 0.29) is 116 Å². The molecule has 33 nitrogen and oxygen atoms in total. The first-order valence-corrected chi connectivity index (χ1v) is 38.2. The van der Waals surface area contributed by atoms with Crippen molar-refractivity contribution in [3.05, 3.63) is 147 Å². The van der Waals surface area contributed by atoms with E-state index in [1.54, 1.807) is 6.92 Å². The normalized spacial score (nSPS) is 28.0. The van der Waals surface area contributed by atoms with Crippen LogP contribution in [0.2, 0.25) is 5.02 Å². The molecule has 0 unspecified atom stereocenters. The van der Waals surface area contributed by atoms with Gasteiger partial charge in [0.15, 0.2) is 11.5 Å². The highest BCUT2D eigenvalue weighted by Crippen LogP contribution is 2.55. The SMILES string of the molecule is CN[C@H](CC(C)C)C(=O)N[C@H]1C(=O)N[C@@H](CC(=O)NC(=O)Nc2ccc(OCCN)cc2)C(=O)N[C@H]2C(=O)N[C@H]3C(=O)N[C@H](C(=O)N[C@H](C(=O)NC4C5CC6CC(C5)CC4C6)c4cc(O)cc(C)c4-c4cc3ccc4O)[C@H](O)c3ccc(c(Cl)c3)Oc3cc2cc(c3O[C@@H]2O[C@H](CN)[C@@H](O)[C@H](O)[C@H]2O)Oc2ccc(cc2C)[C@H]1O. The molecule has 6 aliphatic heterocycles. The number of phenolic OH excluding ortho intramolecular Hbond substituents is 2. The average molecular weight is 1590 g/mol. The van der Waals surface area contributed by atoms with E-state index in [9.17, 15) is 50.1 Å². The molecule has 21 N–H and O–H groups in total. The summed E-state index contributed by atoms with van der Waals surface area (Å²) < 4.78 is 31.4. The maximum atomic E-state index is 16.4. The van der Waals surface area contributed by atoms with E-state index in [4.69, 9.17) is 46.8 Å². The smallest absolute Gasteiger partial charge is 0.325 e. The summed E-state index contributed by atoms with van der Waals surface area (Å²) in [6.45, 7) is 6.73. The van der Waals surface area contributed by atoms with E-state index >= 15 is 28.8 Å². The summed E-state index contributed by atoms with van der Waals surface area (Å²) in [6.07, 6.45) is -9.62. The van der Waals surface area contributed by atoms with Gasteiger partial charge in [-0.25, -0.2) is 4.79 Å². The molecule has 0 radical (unpaired) electrons. The summed E-state index contributed by atoms with van der Waals surface area (Å²) >= 11 is 7.20. The molecular weight excluding hydrogens is 1500 g/mol. The molecule has 10 amide bonds. The molecule has 6 heterocycles. The number of nitrogens with one attached hydrogen (secondary N) is 10. The number of rotatable bonds is 16. The van der Waals surface area contributed by atoms with Crippen molar-refractivity contribution >= 4 is 70.6 Å². The van der Waals surface area contributed by atoms with Crippen LogP contribution >= 0.6 is 11.6 Å².